The lowest BCUT2D eigenvalue weighted by Gasteiger charge is -2.15. The minimum absolute atomic E-state index is 0.0254. The number of aliphatic hydroxyl groups excluding tert-OH is 2. The summed E-state index contributed by atoms with van der Waals surface area (Å²) in [6.45, 7) is 14.2. The van der Waals surface area contributed by atoms with Crippen LogP contribution >= 0.6 is 0 Å². The number of hydrogen-bond donors (Lipinski definition) is 2. The highest BCUT2D eigenvalue weighted by molar-refractivity contribution is 6.17. The molecule has 0 spiro atoms. The fourth-order valence-corrected chi connectivity index (χ4v) is 7.46. The van der Waals surface area contributed by atoms with E-state index in [0.717, 1.165) is 59.4 Å². The number of esters is 2. The van der Waals surface area contributed by atoms with Gasteiger partial charge in [0.2, 0.25) is 0 Å². The van der Waals surface area contributed by atoms with Crippen molar-refractivity contribution in [3.8, 4) is 11.5 Å². The van der Waals surface area contributed by atoms with E-state index >= 15 is 0 Å². The van der Waals surface area contributed by atoms with Gasteiger partial charge < -0.3 is 29.2 Å². The van der Waals surface area contributed by atoms with Crippen LogP contribution in [0.5, 0.6) is 11.5 Å². The van der Waals surface area contributed by atoms with Crippen LogP contribution in [-0.4, -0.2) is 60.8 Å². The molecule has 0 radical (unpaired) electrons. The van der Waals surface area contributed by atoms with E-state index in [1.54, 1.807) is 0 Å². The number of carbonyl (C=O) groups is 2. The van der Waals surface area contributed by atoms with E-state index in [-0.39, 0.29) is 26.4 Å². The Hall–Kier alpha value is -7.26. The molecule has 0 saturated heterocycles. The lowest BCUT2D eigenvalue weighted by molar-refractivity contribution is 0.0131. The van der Waals surface area contributed by atoms with Gasteiger partial charge >= 0.3 is 11.9 Å². The normalized spacial score (nSPS) is 11.3. The zero-order chi connectivity index (χ0) is 49.5. The molecule has 9 aromatic rings. The molecule has 0 saturated carbocycles. The second-order valence-corrected chi connectivity index (χ2v) is 16.2. The largest absolute Gasteiger partial charge is 0.490 e. The number of rotatable bonds is 12. The summed E-state index contributed by atoms with van der Waals surface area (Å²) in [5.41, 5.74) is 2.02. The number of aliphatic hydroxyl groups is 2. The van der Waals surface area contributed by atoms with E-state index in [1.165, 1.54) is 12.8 Å². The van der Waals surface area contributed by atoms with Crippen molar-refractivity contribution in [2.75, 3.05) is 26.4 Å². The van der Waals surface area contributed by atoms with Crippen molar-refractivity contribution in [3.63, 3.8) is 0 Å². The van der Waals surface area contributed by atoms with Gasteiger partial charge in [0, 0.05) is 5.39 Å². The van der Waals surface area contributed by atoms with Crippen LogP contribution in [0.4, 0.5) is 0 Å². The summed E-state index contributed by atoms with van der Waals surface area (Å²) < 4.78 is 22.4. The van der Waals surface area contributed by atoms with Crippen LogP contribution in [0.1, 0.15) is 80.7 Å². The third-order valence-electron chi connectivity index (χ3n) is 10.5. The second-order valence-electron chi connectivity index (χ2n) is 16.2. The number of para-hydroxylation sites is 1. The highest BCUT2D eigenvalue weighted by Gasteiger charge is 2.20. The molecule has 0 amide bonds. The van der Waals surface area contributed by atoms with E-state index < -0.39 is 24.1 Å². The van der Waals surface area contributed by atoms with Crippen LogP contribution in [0, 0.1) is 6.92 Å². The molecule has 8 nitrogen and oxygen atoms in total. The van der Waals surface area contributed by atoms with Crippen LogP contribution in [0.3, 0.4) is 0 Å². The molecule has 9 rings (SSSR count). The van der Waals surface area contributed by atoms with E-state index in [4.69, 9.17) is 18.9 Å². The van der Waals surface area contributed by atoms with Gasteiger partial charge in [-0.15, -0.1) is 0 Å². The quantitative estimate of drug-likeness (QED) is 0.0920. The zero-order valence-electron chi connectivity index (χ0n) is 41.0. The molecule has 0 aromatic heterocycles. The molecule has 0 bridgehead atoms. The van der Waals surface area contributed by atoms with Gasteiger partial charge in [-0.3, -0.25) is 0 Å². The number of fused-ring (bicyclic) bond motifs is 5. The van der Waals surface area contributed by atoms with Crippen molar-refractivity contribution in [1.82, 2.24) is 0 Å². The van der Waals surface area contributed by atoms with E-state index in [9.17, 15) is 19.8 Å². The van der Waals surface area contributed by atoms with Gasteiger partial charge in [0.25, 0.3) is 0 Å². The Kier molecular flexibility index (Phi) is 21.0. The van der Waals surface area contributed by atoms with E-state index in [2.05, 4.69) is 39.8 Å². The fraction of sp³-hybridized carbons (Fsp3) is 0.246. The molecule has 0 aliphatic rings. The lowest BCUT2D eigenvalue weighted by Crippen LogP contribution is -2.25. The van der Waals surface area contributed by atoms with E-state index in [1.807, 2.05) is 185 Å². The van der Waals surface area contributed by atoms with Crippen molar-refractivity contribution >= 4 is 65.8 Å². The smallest absolute Gasteiger partial charge is 0.339 e. The zero-order valence-corrected chi connectivity index (χ0v) is 41.0. The molecule has 0 aliphatic carbocycles. The monoisotopic (exact) mass is 926 g/mol. The second kappa shape index (κ2) is 27.5. The van der Waals surface area contributed by atoms with Crippen LogP contribution in [-0.2, 0) is 9.47 Å². The van der Waals surface area contributed by atoms with Gasteiger partial charge in [-0.05, 0) is 85.2 Å². The van der Waals surface area contributed by atoms with Crippen LogP contribution in [0.25, 0.3) is 53.9 Å². The topological polar surface area (TPSA) is 112 Å². The van der Waals surface area contributed by atoms with Crippen molar-refractivity contribution in [2.24, 2.45) is 0 Å². The molecular weight excluding hydrogens is 861 g/mol. The molecule has 2 unspecified atom stereocenters. The Morgan fingerprint density at radius 1 is 0.406 bits per heavy atom. The van der Waals surface area contributed by atoms with Crippen LogP contribution in [0.15, 0.2) is 176 Å². The third-order valence-corrected chi connectivity index (χ3v) is 10.5. The highest BCUT2D eigenvalue weighted by atomic mass is 16.6. The first-order chi connectivity index (χ1) is 33.7. The number of ether oxygens (including phenoxy) is 4. The van der Waals surface area contributed by atoms with E-state index in [0.29, 0.717) is 22.6 Å². The maximum Gasteiger partial charge on any atom is 0.339 e. The Balaban J connectivity index is 0.000000225. The molecule has 0 fully saturated rings. The average molecular weight is 927 g/mol. The first-order valence-corrected chi connectivity index (χ1v) is 24.0. The summed E-state index contributed by atoms with van der Waals surface area (Å²) in [6, 6.07) is 56.3. The molecule has 358 valence electrons. The standard InChI is InChI=1S/C28H22O4.C25H22O4.2C3H8.C2H6/c29-22(17-31-26-15-7-11-19-8-1-4-12-23(19)26)18-32-28(30)27-24-13-5-2-9-20(24)16-21-10-3-6-14-25(21)27;1-17-8-2-7-13-23(17)28-15-20(26)16-29-25(27)24-21-11-5-3-9-18(21)14-19-10-4-6-12-22(19)24;2*1-3-2;1-2/h1-16,22,29H,17-18H2;2-14,20,26H,15-16H2,1H3;2*3H2,1-2H3;1-2H3. The molecule has 9 aromatic carbocycles. The summed E-state index contributed by atoms with van der Waals surface area (Å²) in [4.78, 5) is 26.0. The number of hydrogen-bond acceptors (Lipinski definition) is 8. The van der Waals surface area contributed by atoms with Gasteiger partial charge in [-0.2, -0.15) is 0 Å². The van der Waals surface area contributed by atoms with Crippen LogP contribution in [0.2, 0.25) is 0 Å². The average Bonchev–Trinajstić information content (AvgIpc) is 3.38. The molecule has 8 heteroatoms. The molecule has 69 heavy (non-hydrogen) atoms. The summed E-state index contributed by atoms with van der Waals surface area (Å²) in [5, 5.41) is 29.9. The predicted octanol–water partition coefficient (Wildman–Crippen LogP) is 14.5. The Morgan fingerprint density at radius 2 is 0.710 bits per heavy atom. The van der Waals surface area contributed by atoms with Crippen molar-refractivity contribution in [2.45, 2.75) is 73.5 Å². The Labute approximate surface area is 407 Å². The first kappa shape index (κ1) is 52.7. The number of aryl methyl sites for hydroxylation is 1. The van der Waals surface area contributed by atoms with Gasteiger partial charge in [0.1, 0.15) is 50.1 Å². The third kappa shape index (κ3) is 14.4. The Morgan fingerprint density at radius 3 is 1.12 bits per heavy atom. The lowest BCUT2D eigenvalue weighted by atomic mass is 9.97. The summed E-state index contributed by atoms with van der Waals surface area (Å²) in [7, 11) is 0. The van der Waals surface area contributed by atoms with Gasteiger partial charge in [0.05, 0.1) is 11.1 Å². The predicted molar refractivity (Wildman–Crippen MR) is 285 cm³/mol. The minimum atomic E-state index is -0.945. The van der Waals surface area contributed by atoms with Gasteiger partial charge in [-0.1, -0.05) is 206 Å². The molecule has 2 N–H and O–H groups in total. The minimum Gasteiger partial charge on any atom is -0.490 e. The molecule has 0 heterocycles. The SMILES string of the molecule is CC.CCC.CCC.Cc1ccccc1OCC(O)COC(=O)c1c2ccccc2cc2ccccc12.O=C(OCC(O)COc1cccc2ccccc12)c1c2ccccc2cc2ccccc12. The van der Waals surface area contributed by atoms with Gasteiger partial charge in [-0.25, -0.2) is 9.59 Å². The molecule has 2 atom stereocenters. The highest BCUT2D eigenvalue weighted by Crippen LogP contribution is 2.31. The summed E-state index contributed by atoms with van der Waals surface area (Å²) >= 11 is 0. The first-order valence-electron chi connectivity index (χ1n) is 24.0. The fourth-order valence-electron chi connectivity index (χ4n) is 7.46. The van der Waals surface area contributed by atoms with Gasteiger partial charge in [0.15, 0.2) is 0 Å². The van der Waals surface area contributed by atoms with Crippen molar-refractivity contribution < 1.29 is 38.7 Å². The van der Waals surface area contributed by atoms with Crippen LogP contribution < -0.4 is 9.47 Å². The maximum atomic E-state index is 13.1. The number of benzene rings is 9. The van der Waals surface area contributed by atoms with Crippen molar-refractivity contribution in [3.05, 3.63) is 193 Å². The number of carbonyl (C=O) groups excluding carboxylic acids is 2. The van der Waals surface area contributed by atoms with Crippen molar-refractivity contribution in [1.29, 1.82) is 0 Å². The maximum absolute atomic E-state index is 13.1. The molecule has 0 aliphatic heterocycles. The molecular formula is C61H66O8. The summed E-state index contributed by atoms with van der Waals surface area (Å²) in [5.74, 6) is 0.488. The summed E-state index contributed by atoms with van der Waals surface area (Å²) in [6.07, 6.45) is 0.638. The Bertz CT molecular complexity index is 2920.